The molecule has 0 bridgehead atoms. The molecule has 0 aliphatic rings. The van der Waals surface area contributed by atoms with Crippen LogP contribution in [0.2, 0.25) is 0 Å². The summed E-state index contributed by atoms with van der Waals surface area (Å²) in [5.41, 5.74) is 8.88. The van der Waals surface area contributed by atoms with Crippen molar-refractivity contribution in [2.24, 2.45) is 5.73 Å². The van der Waals surface area contributed by atoms with E-state index in [1.54, 1.807) is 0 Å². The molecule has 5 nitrogen and oxygen atoms in total. The third-order valence-electron chi connectivity index (χ3n) is 3.59. The summed E-state index contributed by atoms with van der Waals surface area (Å²) in [5, 5.41) is 0. The zero-order valence-electron chi connectivity index (χ0n) is 13.2. The SMILES string of the molecule is Cc1ccnc(C[C@H](C)N(C)c2cc(CN)nc(C)n2)c1. The molecular formula is C16H23N5. The first kappa shape index (κ1) is 15.4. The molecule has 0 saturated carbocycles. The molecule has 2 rings (SSSR count). The lowest BCUT2D eigenvalue weighted by atomic mass is 10.1. The van der Waals surface area contributed by atoms with E-state index in [2.05, 4.69) is 39.8 Å². The second kappa shape index (κ2) is 6.63. The van der Waals surface area contributed by atoms with Crippen LogP contribution in [0.15, 0.2) is 24.4 Å². The summed E-state index contributed by atoms with van der Waals surface area (Å²) in [7, 11) is 2.04. The number of anilines is 1. The van der Waals surface area contributed by atoms with Crippen molar-refractivity contribution < 1.29 is 0 Å². The van der Waals surface area contributed by atoms with Crippen molar-refractivity contribution in [3.63, 3.8) is 0 Å². The van der Waals surface area contributed by atoms with Crippen molar-refractivity contribution in [2.75, 3.05) is 11.9 Å². The Balaban J connectivity index is 2.15. The fraction of sp³-hybridized carbons (Fsp3) is 0.438. The lowest BCUT2D eigenvalue weighted by molar-refractivity contribution is 0.660. The molecule has 0 radical (unpaired) electrons. The Bertz CT molecular complexity index is 611. The van der Waals surface area contributed by atoms with Gasteiger partial charge in [-0.3, -0.25) is 4.98 Å². The van der Waals surface area contributed by atoms with Crippen LogP contribution in [-0.2, 0) is 13.0 Å². The second-order valence-corrected chi connectivity index (χ2v) is 5.46. The highest BCUT2D eigenvalue weighted by atomic mass is 15.2. The van der Waals surface area contributed by atoms with Crippen LogP contribution < -0.4 is 10.6 Å². The van der Waals surface area contributed by atoms with Gasteiger partial charge in [-0.2, -0.15) is 0 Å². The summed E-state index contributed by atoms with van der Waals surface area (Å²) in [6.07, 6.45) is 2.73. The maximum Gasteiger partial charge on any atom is 0.132 e. The van der Waals surface area contributed by atoms with E-state index in [1.807, 2.05) is 32.3 Å². The molecule has 0 aliphatic heterocycles. The average molecular weight is 285 g/mol. The van der Waals surface area contributed by atoms with Crippen LogP contribution in [0.4, 0.5) is 5.82 Å². The number of aryl methyl sites for hydroxylation is 2. The Hall–Kier alpha value is -2.01. The molecule has 0 spiro atoms. The van der Waals surface area contributed by atoms with Crippen molar-refractivity contribution in [3.05, 3.63) is 47.2 Å². The minimum atomic E-state index is 0.291. The topological polar surface area (TPSA) is 67.9 Å². The molecule has 2 aromatic heterocycles. The normalized spacial score (nSPS) is 12.2. The maximum absolute atomic E-state index is 5.69. The summed E-state index contributed by atoms with van der Waals surface area (Å²) < 4.78 is 0. The largest absolute Gasteiger partial charge is 0.356 e. The number of rotatable bonds is 5. The summed E-state index contributed by atoms with van der Waals surface area (Å²) in [5.74, 6) is 1.66. The molecule has 0 aromatic carbocycles. The van der Waals surface area contributed by atoms with Crippen molar-refractivity contribution in [1.29, 1.82) is 0 Å². The van der Waals surface area contributed by atoms with Crippen LogP contribution in [0.25, 0.3) is 0 Å². The number of hydrogen-bond donors (Lipinski definition) is 1. The van der Waals surface area contributed by atoms with Crippen LogP contribution in [-0.4, -0.2) is 28.0 Å². The predicted octanol–water partition coefficient (Wildman–Crippen LogP) is 2.01. The standard InChI is InChI=1S/C16H23N5/c1-11-5-6-18-14(7-11)8-12(2)21(4)16-9-15(10-17)19-13(3)20-16/h5-7,9,12H,8,10,17H2,1-4H3/t12-/m0/s1. The highest BCUT2D eigenvalue weighted by molar-refractivity contribution is 5.40. The third-order valence-corrected chi connectivity index (χ3v) is 3.59. The number of likely N-dealkylation sites (N-methyl/N-ethyl adjacent to an activating group) is 1. The van der Waals surface area contributed by atoms with E-state index < -0.39 is 0 Å². The van der Waals surface area contributed by atoms with Crippen molar-refractivity contribution in [3.8, 4) is 0 Å². The molecule has 2 heterocycles. The van der Waals surface area contributed by atoms with Gasteiger partial charge in [-0.25, -0.2) is 9.97 Å². The van der Waals surface area contributed by atoms with Crippen LogP contribution in [0.1, 0.15) is 29.7 Å². The number of nitrogens with two attached hydrogens (primary N) is 1. The zero-order chi connectivity index (χ0) is 15.4. The lowest BCUT2D eigenvalue weighted by Crippen LogP contribution is -2.32. The van der Waals surface area contributed by atoms with Gasteiger partial charge in [-0.1, -0.05) is 0 Å². The fourth-order valence-corrected chi connectivity index (χ4v) is 2.27. The van der Waals surface area contributed by atoms with E-state index in [-0.39, 0.29) is 0 Å². The van der Waals surface area contributed by atoms with E-state index in [0.717, 1.165) is 29.5 Å². The first-order valence-corrected chi connectivity index (χ1v) is 7.18. The minimum Gasteiger partial charge on any atom is -0.356 e. The van der Waals surface area contributed by atoms with Gasteiger partial charge in [0.25, 0.3) is 0 Å². The number of nitrogens with zero attached hydrogens (tertiary/aromatic N) is 4. The molecular weight excluding hydrogens is 262 g/mol. The first-order valence-electron chi connectivity index (χ1n) is 7.18. The maximum atomic E-state index is 5.69. The van der Waals surface area contributed by atoms with E-state index in [4.69, 9.17) is 5.73 Å². The summed E-state index contributed by atoms with van der Waals surface area (Å²) >= 11 is 0. The number of pyridine rings is 1. The van der Waals surface area contributed by atoms with E-state index in [0.29, 0.717) is 12.6 Å². The van der Waals surface area contributed by atoms with Gasteiger partial charge in [0.2, 0.25) is 0 Å². The van der Waals surface area contributed by atoms with Gasteiger partial charge in [0, 0.05) is 44.0 Å². The van der Waals surface area contributed by atoms with E-state index in [9.17, 15) is 0 Å². The molecule has 5 heteroatoms. The molecule has 1 atom stereocenters. The van der Waals surface area contributed by atoms with Gasteiger partial charge in [0.15, 0.2) is 0 Å². The Morgan fingerprint density at radius 1 is 1.19 bits per heavy atom. The Labute approximate surface area is 126 Å². The van der Waals surface area contributed by atoms with Crippen molar-refractivity contribution in [2.45, 2.75) is 39.8 Å². The van der Waals surface area contributed by atoms with Crippen LogP contribution >= 0.6 is 0 Å². The second-order valence-electron chi connectivity index (χ2n) is 5.46. The Morgan fingerprint density at radius 3 is 2.62 bits per heavy atom. The smallest absolute Gasteiger partial charge is 0.132 e. The molecule has 0 aliphatic carbocycles. The summed E-state index contributed by atoms with van der Waals surface area (Å²) in [6, 6.07) is 6.38. The molecule has 0 fully saturated rings. The zero-order valence-corrected chi connectivity index (χ0v) is 13.2. The van der Waals surface area contributed by atoms with Crippen molar-refractivity contribution >= 4 is 5.82 Å². The number of aromatic nitrogens is 3. The number of hydrogen-bond acceptors (Lipinski definition) is 5. The fourth-order valence-electron chi connectivity index (χ4n) is 2.27. The lowest BCUT2D eigenvalue weighted by Gasteiger charge is -2.26. The van der Waals surface area contributed by atoms with Gasteiger partial charge >= 0.3 is 0 Å². The Kier molecular flexibility index (Phi) is 4.85. The first-order chi connectivity index (χ1) is 9.99. The van der Waals surface area contributed by atoms with Gasteiger partial charge in [-0.05, 0) is 38.5 Å². The molecule has 112 valence electrons. The van der Waals surface area contributed by atoms with Gasteiger partial charge in [-0.15, -0.1) is 0 Å². The molecule has 21 heavy (non-hydrogen) atoms. The predicted molar refractivity (Wildman–Crippen MR) is 85.2 cm³/mol. The van der Waals surface area contributed by atoms with Crippen molar-refractivity contribution in [1.82, 2.24) is 15.0 Å². The van der Waals surface area contributed by atoms with Gasteiger partial charge in [0.1, 0.15) is 11.6 Å². The Morgan fingerprint density at radius 2 is 1.95 bits per heavy atom. The van der Waals surface area contributed by atoms with Crippen LogP contribution in [0, 0.1) is 13.8 Å². The van der Waals surface area contributed by atoms with Gasteiger partial charge < -0.3 is 10.6 Å². The summed E-state index contributed by atoms with van der Waals surface area (Å²) in [6.45, 7) is 6.58. The highest BCUT2D eigenvalue weighted by Crippen LogP contribution is 2.16. The quantitative estimate of drug-likeness (QED) is 0.910. The van der Waals surface area contributed by atoms with Crippen LogP contribution in [0.3, 0.4) is 0 Å². The van der Waals surface area contributed by atoms with Crippen LogP contribution in [0.5, 0.6) is 0 Å². The molecule has 0 amide bonds. The summed E-state index contributed by atoms with van der Waals surface area (Å²) in [4.78, 5) is 15.4. The van der Waals surface area contributed by atoms with Gasteiger partial charge in [0.05, 0.1) is 5.69 Å². The highest BCUT2D eigenvalue weighted by Gasteiger charge is 2.14. The molecule has 2 N–H and O–H groups in total. The molecule has 0 unspecified atom stereocenters. The minimum absolute atomic E-state index is 0.291. The molecule has 0 saturated heterocycles. The third kappa shape index (κ3) is 3.98. The average Bonchev–Trinajstić information content (AvgIpc) is 2.45. The van der Waals surface area contributed by atoms with E-state index in [1.165, 1.54) is 5.56 Å². The monoisotopic (exact) mass is 285 g/mol. The van der Waals surface area contributed by atoms with E-state index >= 15 is 0 Å². The molecule has 2 aromatic rings.